The van der Waals surface area contributed by atoms with Gasteiger partial charge < -0.3 is 15.6 Å². The average molecular weight is 313 g/mol. The van der Waals surface area contributed by atoms with E-state index in [1.165, 1.54) is 19.3 Å². The lowest BCUT2D eigenvalue weighted by Gasteiger charge is -2.11. The molecule has 122 valence electrons. The van der Waals surface area contributed by atoms with Crippen LogP contribution in [0.15, 0.2) is 24.3 Å². The van der Waals surface area contributed by atoms with E-state index in [1.807, 2.05) is 31.2 Å². The van der Waals surface area contributed by atoms with Gasteiger partial charge >= 0.3 is 0 Å². The SMILES string of the molecule is CC(CN)C(=O)Nc1ccc(-c2nnc3n2CCCCC3)cc1. The Bertz CT molecular complexity index is 677. The van der Waals surface area contributed by atoms with Crippen LogP contribution in [0.25, 0.3) is 11.4 Å². The molecule has 1 atom stereocenters. The molecule has 1 aromatic carbocycles. The van der Waals surface area contributed by atoms with Gasteiger partial charge in [-0.1, -0.05) is 13.3 Å². The molecule has 1 aliphatic rings. The molecule has 1 aliphatic heterocycles. The summed E-state index contributed by atoms with van der Waals surface area (Å²) in [6.45, 7) is 3.13. The molecule has 2 aromatic rings. The van der Waals surface area contributed by atoms with Crippen molar-refractivity contribution in [2.75, 3.05) is 11.9 Å². The van der Waals surface area contributed by atoms with Gasteiger partial charge in [0.1, 0.15) is 5.82 Å². The van der Waals surface area contributed by atoms with E-state index in [0.717, 1.165) is 35.9 Å². The molecule has 6 heteroatoms. The number of fused-ring (bicyclic) bond motifs is 1. The highest BCUT2D eigenvalue weighted by atomic mass is 16.1. The summed E-state index contributed by atoms with van der Waals surface area (Å²) in [5.41, 5.74) is 7.31. The number of nitrogens with one attached hydrogen (secondary N) is 1. The number of aromatic nitrogens is 3. The van der Waals surface area contributed by atoms with Gasteiger partial charge in [0.2, 0.25) is 5.91 Å². The van der Waals surface area contributed by atoms with Crippen LogP contribution in [0.4, 0.5) is 5.69 Å². The Morgan fingerprint density at radius 2 is 2.04 bits per heavy atom. The highest BCUT2D eigenvalue weighted by Crippen LogP contribution is 2.24. The summed E-state index contributed by atoms with van der Waals surface area (Å²) >= 11 is 0. The summed E-state index contributed by atoms with van der Waals surface area (Å²) in [7, 11) is 0. The first-order valence-electron chi connectivity index (χ1n) is 8.22. The first-order valence-corrected chi connectivity index (χ1v) is 8.22. The van der Waals surface area contributed by atoms with Crippen molar-refractivity contribution in [2.45, 2.75) is 39.2 Å². The zero-order chi connectivity index (χ0) is 16.2. The van der Waals surface area contributed by atoms with Crippen LogP contribution in [0, 0.1) is 5.92 Å². The topological polar surface area (TPSA) is 85.8 Å². The lowest BCUT2D eigenvalue weighted by Crippen LogP contribution is -2.26. The predicted molar refractivity (Wildman–Crippen MR) is 89.9 cm³/mol. The van der Waals surface area contributed by atoms with Gasteiger partial charge in [0.25, 0.3) is 0 Å². The third-order valence-corrected chi connectivity index (χ3v) is 4.32. The van der Waals surface area contributed by atoms with Gasteiger partial charge in [-0.3, -0.25) is 4.79 Å². The van der Waals surface area contributed by atoms with Crippen molar-refractivity contribution in [3.63, 3.8) is 0 Å². The maximum absolute atomic E-state index is 11.9. The van der Waals surface area contributed by atoms with Crippen LogP contribution in [-0.2, 0) is 17.8 Å². The third-order valence-electron chi connectivity index (χ3n) is 4.32. The van der Waals surface area contributed by atoms with Gasteiger partial charge in [0.05, 0.1) is 0 Å². The molecule has 0 spiro atoms. The van der Waals surface area contributed by atoms with E-state index >= 15 is 0 Å². The monoisotopic (exact) mass is 313 g/mol. The van der Waals surface area contributed by atoms with Crippen molar-refractivity contribution in [3.05, 3.63) is 30.1 Å². The van der Waals surface area contributed by atoms with Gasteiger partial charge in [-0.15, -0.1) is 10.2 Å². The van der Waals surface area contributed by atoms with Crippen LogP contribution in [0.5, 0.6) is 0 Å². The average Bonchev–Trinajstić information content (AvgIpc) is 2.83. The van der Waals surface area contributed by atoms with Crippen LogP contribution < -0.4 is 11.1 Å². The van der Waals surface area contributed by atoms with E-state index < -0.39 is 0 Å². The van der Waals surface area contributed by atoms with E-state index in [9.17, 15) is 4.79 Å². The fraction of sp³-hybridized carbons (Fsp3) is 0.471. The lowest BCUT2D eigenvalue weighted by atomic mass is 10.1. The second-order valence-corrected chi connectivity index (χ2v) is 6.11. The van der Waals surface area contributed by atoms with Crippen LogP contribution >= 0.6 is 0 Å². The third kappa shape index (κ3) is 3.42. The number of carbonyl (C=O) groups is 1. The molecule has 3 rings (SSSR count). The van der Waals surface area contributed by atoms with Crippen LogP contribution in [-0.4, -0.2) is 27.2 Å². The van der Waals surface area contributed by atoms with Gasteiger partial charge in [0.15, 0.2) is 5.82 Å². The number of benzene rings is 1. The summed E-state index contributed by atoms with van der Waals surface area (Å²) in [5.74, 6) is 1.74. The second kappa shape index (κ2) is 6.91. The summed E-state index contributed by atoms with van der Waals surface area (Å²) < 4.78 is 2.22. The minimum atomic E-state index is -0.193. The number of carbonyl (C=O) groups excluding carboxylic acids is 1. The molecule has 0 saturated heterocycles. The molecule has 1 amide bonds. The van der Waals surface area contributed by atoms with Crippen molar-refractivity contribution in [1.82, 2.24) is 14.8 Å². The Kier molecular flexibility index (Phi) is 4.71. The summed E-state index contributed by atoms with van der Waals surface area (Å²) in [5, 5.41) is 11.6. The molecular weight excluding hydrogens is 290 g/mol. The van der Waals surface area contributed by atoms with Gasteiger partial charge in [-0.2, -0.15) is 0 Å². The van der Waals surface area contributed by atoms with E-state index in [1.54, 1.807) is 0 Å². The Morgan fingerprint density at radius 1 is 1.26 bits per heavy atom. The van der Waals surface area contributed by atoms with Crippen molar-refractivity contribution >= 4 is 11.6 Å². The van der Waals surface area contributed by atoms with Gasteiger partial charge in [-0.05, 0) is 37.1 Å². The maximum Gasteiger partial charge on any atom is 0.228 e. The lowest BCUT2D eigenvalue weighted by molar-refractivity contribution is -0.119. The van der Waals surface area contributed by atoms with E-state index in [2.05, 4.69) is 20.1 Å². The van der Waals surface area contributed by atoms with E-state index in [4.69, 9.17) is 5.73 Å². The molecule has 0 radical (unpaired) electrons. The van der Waals surface area contributed by atoms with Crippen molar-refractivity contribution in [2.24, 2.45) is 11.7 Å². The number of rotatable bonds is 4. The van der Waals surface area contributed by atoms with Crippen molar-refractivity contribution in [3.8, 4) is 11.4 Å². The molecule has 0 bridgehead atoms. The molecule has 2 heterocycles. The molecule has 6 nitrogen and oxygen atoms in total. The molecule has 0 aliphatic carbocycles. The highest BCUT2D eigenvalue weighted by Gasteiger charge is 2.16. The molecule has 0 saturated carbocycles. The number of hydrogen-bond acceptors (Lipinski definition) is 4. The summed E-state index contributed by atoms with van der Waals surface area (Å²) in [6, 6.07) is 7.75. The van der Waals surface area contributed by atoms with E-state index in [-0.39, 0.29) is 11.8 Å². The number of anilines is 1. The normalized spacial score (nSPS) is 15.6. The first-order chi connectivity index (χ1) is 11.2. The predicted octanol–water partition coefficient (Wildman–Crippen LogP) is 2.20. The Hall–Kier alpha value is -2.21. The van der Waals surface area contributed by atoms with Crippen LogP contribution in [0.3, 0.4) is 0 Å². The number of hydrogen-bond donors (Lipinski definition) is 2. The Balaban J connectivity index is 1.78. The fourth-order valence-electron chi connectivity index (χ4n) is 2.77. The number of aryl methyl sites for hydroxylation is 1. The smallest absolute Gasteiger partial charge is 0.228 e. The minimum Gasteiger partial charge on any atom is -0.330 e. The van der Waals surface area contributed by atoms with Crippen molar-refractivity contribution in [1.29, 1.82) is 0 Å². The highest BCUT2D eigenvalue weighted by molar-refractivity contribution is 5.92. The Labute approximate surface area is 136 Å². The molecule has 23 heavy (non-hydrogen) atoms. The second-order valence-electron chi connectivity index (χ2n) is 6.11. The molecular formula is C17H23N5O. The zero-order valence-electron chi connectivity index (χ0n) is 13.5. The van der Waals surface area contributed by atoms with Crippen molar-refractivity contribution < 1.29 is 4.79 Å². The standard InChI is InChI=1S/C17H23N5O/c1-12(11-18)17(23)19-14-8-6-13(7-9-14)16-21-20-15-5-3-2-4-10-22(15)16/h6-9,12H,2-5,10-11,18H2,1H3,(H,19,23). The number of nitrogens with two attached hydrogens (primary N) is 1. The van der Waals surface area contributed by atoms with Gasteiger partial charge in [-0.25, -0.2) is 0 Å². The first kappa shape index (κ1) is 15.7. The largest absolute Gasteiger partial charge is 0.330 e. The quantitative estimate of drug-likeness (QED) is 0.906. The maximum atomic E-state index is 11.9. The molecule has 3 N–H and O–H groups in total. The van der Waals surface area contributed by atoms with Crippen LogP contribution in [0.1, 0.15) is 32.0 Å². The Morgan fingerprint density at radius 3 is 2.78 bits per heavy atom. The zero-order valence-corrected chi connectivity index (χ0v) is 13.5. The summed E-state index contributed by atoms with van der Waals surface area (Å²) in [6.07, 6.45) is 4.59. The minimum absolute atomic E-state index is 0.0587. The van der Waals surface area contributed by atoms with Crippen LogP contribution in [0.2, 0.25) is 0 Å². The fourth-order valence-corrected chi connectivity index (χ4v) is 2.77. The van der Waals surface area contributed by atoms with Gasteiger partial charge in [0, 0.05) is 36.7 Å². The number of nitrogens with zero attached hydrogens (tertiary/aromatic N) is 3. The van der Waals surface area contributed by atoms with E-state index in [0.29, 0.717) is 6.54 Å². The molecule has 1 unspecified atom stereocenters. The summed E-state index contributed by atoms with van der Waals surface area (Å²) in [4.78, 5) is 11.9. The molecule has 1 aromatic heterocycles. The number of amides is 1. The molecule has 0 fully saturated rings.